The number of rotatable bonds is 6. The number of halogens is 1. The fourth-order valence-electron chi connectivity index (χ4n) is 6.24. The molecule has 31 heavy (non-hydrogen) atoms. The van der Waals surface area contributed by atoms with Crippen molar-refractivity contribution in [3.63, 3.8) is 0 Å². The second-order valence-electron chi connectivity index (χ2n) is 9.97. The molecule has 168 valence electrons. The number of alkyl halides is 1. The van der Waals surface area contributed by atoms with Crippen LogP contribution in [0.2, 0.25) is 0 Å². The largest absolute Gasteiger partial charge is 0.452 e. The van der Waals surface area contributed by atoms with Gasteiger partial charge in [-0.2, -0.15) is 0 Å². The molecule has 0 aromatic heterocycles. The van der Waals surface area contributed by atoms with E-state index in [2.05, 4.69) is 10.6 Å². The van der Waals surface area contributed by atoms with E-state index in [1.165, 1.54) is 0 Å². The third-order valence-electron chi connectivity index (χ3n) is 7.24. The Labute approximate surface area is 188 Å². The van der Waals surface area contributed by atoms with E-state index in [1.54, 1.807) is 6.92 Å². The summed E-state index contributed by atoms with van der Waals surface area (Å²) in [5, 5.41) is 5.40. The van der Waals surface area contributed by atoms with Crippen LogP contribution >= 0.6 is 11.6 Å². The molecule has 1 aromatic carbocycles. The summed E-state index contributed by atoms with van der Waals surface area (Å²) in [6.45, 7) is 5.19. The van der Waals surface area contributed by atoms with E-state index >= 15 is 0 Å². The first-order chi connectivity index (χ1) is 14.6. The van der Waals surface area contributed by atoms with Crippen LogP contribution < -0.4 is 10.6 Å². The standard InChI is InChI=1S/C24H31ClN2O4/c1-14-5-4-6-15(2)20(14)27-19(28)12-26-21(29)16(3)31-22(30)23-8-17-7-18(9-23)11-24(25,10-17)13-23/h4-6,16-18H,7-13H2,1-3H3,(H,26,29)(H,27,28)/t16-,17+,18+,23?,24?/m0/s1. The zero-order valence-electron chi connectivity index (χ0n) is 18.4. The number of ether oxygens (including phenoxy) is 1. The minimum absolute atomic E-state index is 0.186. The summed E-state index contributed by atoms with van der Waals surface area (Å²) in [5.74, 6) is -0.160. The molecule has 0 heterocycles. The lowest BCUT2D eigenvalue weighted by molar-refractivity contribution is -0.177. The van der Waals surface area contributed by atoms with Gasteiger partial charge in [-0.1, -0.05) is 18.2 Å². The highest BCUT2D eigenvalue weighted by Crippen LogP contribution is 2.64. The number of hydrogen-bond donors (Lipinski definition) is 2. The third kappa shape index (κ3) is 4.45. The van der Waals surface area contributed by atoms with E-state index in [0.29, 0.717) is 18.3 Å². The predicted octanol–water partition coefficient (Wildman–Crippen LogP) is 3.87. The van der Waals surface area contributed by atoms with Crippen LogP contribution in [0.25, 0.3) is 0 Å². The number of carbonyl (C=O) groups is 3. The van der Waals surface area contributed by atoms with Crippen LogP contribution in [0.5, 0.6) is 0 Å². The molecule has 1 aromatic rings. The second kappa shape index (κ2) is 8.12. The van der Waals surface area contributed by atoms with Crippen molar-refractivity contribution in [3.05, 3.63) is 29.3 Å². The molecule has 0 spiro atoms. The highest BCUT2D eigenvalue weighted by molar-refractivity contribution is 6.24. The van der Waals surface area contributed by atoms with Crippen molar-refractivity contribution in [2.24, 2.45) is 17.3 Å². The van der Waals surface area contributed by atoms with E-state index in [1.807, 2.05) is 32.0 Å². The Morgan fingerprint density at radius 2 is 1.74 bits per heavy atom. The van der Waals surface area contributed by atoms with Gasteiger partial charge in [0, 0.05) is 10.6 Å². The van der Waals surface area contributed by atoms with Crippen LogP contribution in [-0.4, -0.2) is 35.3 Å². The van der Waals surface area contributed by atoms with E-state index in [4.69, 9.17) is 16.3 Å². The first-order valence-corrected chi connectivity index (χ1v) is 11.5. The fourth-order valence-corrected chi connectivity index (χ4v) is 6.93. The maximum absolute atomic E-state index is 13.1. The van der Waals surface area contributed by atoms with Gasteiger partial charge in [0.05, 0.1) is 12.0 Å². The number of esters is 1. The highest BCUT2D eigenvalue weighted by Gasteiger charge is 2.61. The summed E-state index contributed by atoms with van der Waals surface area (Å²) >= 11 is 6.81. The number of hydrogen-bond acceptors (Lipinski definition) is 4. The summed E-state index contributed by atoms with van der Waals surface area (Å²) < 4.78 is 5.59. The van der Waals surface area contributed by atoms with E-state index < -0.39 is 17.4 Å². The molecule has 3 atom stereocenters. The molecule has 4 aliphatic rings. The molecule has 4 aliphatic carbocycles. The number of carbonyl (C=O) groups excluding carboxylic acids is 3. The highest BCUT2D eigenvalue weighted by atomic mass is 35.5. The minimum Gasteiger partial charge on any atom is -0.452 e. The number of benzene rings is 1. The van der Waals surface area contributed by atoms with Crippen molar-refractivity contribution < 1.29 is 19.1 Å². The molecule has 7 heteroatoms. The van der Waals surface area contributed by atoms with Crippen LogP contribution in [0.3, 0.4) is 0 Å². The molecule has 4 saturated carbocycles. The summed E-state index contributed by atoms with van der Waals surface area (Å²) in [7, 11) is 0. The molecule has 6 nitrogen and oxygen atoms in total. The van der Waals surface area contributed by atoms with Crippen LogP contribution in [0.1, 0.15) is 56.6 Å². The molecule has 2 N–H and O–H groups in total. The average Bonchev–Trinajstić information content (AvgIpc) is 2.67. The van der Waals surface area contributed by atoms with Gasteiger partial charge in [-0.15, -0.1) is 11.6 Å². The van der Waals surface area contributed by atoms with Gasteiger partial charge < -0.3 is 15.4 Å². The zero-order valence-corrected chi connectivity index (χ0v) is 19.2. The van der Waals surface area contributed by atoms with Crippen molar-refractivity contribution in [1.29, 1.82) is 0 Å². The van der Waals surface area contributed by atoms with E-state index in [-0.39, 0.29) is 23.3 Å². The molecule has 5 rings (SSSR count). The lowest BCUT2D eigenvalue weighted by Crippen LogP contribution is -2.57. The van der Waals surface area contributed by atoms with E-state index in [9.17, 15) is 14.4 Å². The average molecular weight is 447 g/mol. The predicted molar refractivity (Wildman–Crippen MR) is 119 cm³/mol. The number of amides is 2. The Kier molecular flexibility index (Phi) is 5.80. The van der Waals surface area contributed by atoms with Crippen LogP contribution in [0.4, 0.5) is 5.69 Å². The Morgan fingerprint density at radius 3 is 2.32 bits per heavy atom. The normalized spacial score (nSPS) is 31.7. The van der Waals surface area contributed by atoms with Gasteiger partial charge >= 0.3 is 5.97 Å². The van der Waals surface area contributed by atoms with Crippen molar-refractivity contribution in [1.82, 2.24) is 5.32 Å². The fraction of sp³-hybridized carbons (Fsp3) is 0.625. The zero-order chi connectivity index (χ0) is 22.4. The molecule has 0 saturated heterocycles. The Morgan fingerprint density at radius 1 is 1.13 bits per heavy atom. The number of para-hydroxylation sites is 1. The SMILES string of the molecule is Cc1cccc(C)c1NC(=O)CNC(=O)[C@H](C)OC(=O)C12C[C@H]3C[C@@H](CC(Cl)(C3)C1)C2. The maximum atomic E-state index is 13.1. The van der Waals surface area contributed by atoms with Gasteiger partial charge in [0.25, 0.3) is 5.91 Å². The monoisotopic (exact) mass is 446 g/mol. The molecule has 4 bridgehead atoms. The van der Waals surface area contributed by atoms with Crippen LogP contribution in [0.15, 0.2) is 18.2 Å². The van der Waals surface area contributed by atoms with E-state index in [0.717, 1.165) is 48.9 Å². The summed E-state index contributed by atoms with van der Waals surface area (Å²) in [5.41, 5.74) is 2.10. The summed E-state index contributed by atoms with van der Waals surface area (Å²) in [6.07, 6.45) is 4.40. The first-order valence-electron chi connectivity index (χ1n) is 11.1. The van der Waals surface area contributed by atoms with Gasteiger partial charge in [-0.25, -0.2) is 0 Å². The topological polar surface area (TPSA) is 84.5 Å². The van der Waals surface area contributed by atoms with Gasteiger partial charge in [-0.3, -0.25) is 14.4 Å². The Hall–Kier alpha value is -2.08. The van der Waals surface area contributed by atoms with Gasteiger partial charge in [0.15, 0.2) is 6.10 Å². The smallest absolute Gasteiger partial charge is 0.312 e. The molecule has 0 radical (unpaired) electrons. The lowest BCUT2D eigenvalue weighted by atomic mass is 9.49. The van der Waals surface area contributed by atoms with Crippen molar-refractivity contribution in [3.8, 4) is 0 Å². The molecular formula is C24H31ClN2O4. The number of nitrogens with one attached hydrogen (secondary N) is 2. The first kappa shape index (κ1) is 22.1. The summed E-state index contributed by atoms with van der Waals surface area (Å²) in [4.78, 5) is 37.5. The maximum Gasteiger partial charge on any atom is 0.312 e. The molecule has 4 fully saturated rings. The number of aryl methyl sites for hydroxylation is 2. The van der Waals surface area contributed by atoms with Crippen molar-refractivity contribution >= 4 is 35.1 Å². The molecule has 2 amide bonds. The minimum atomic E-state index is -0.959. The quantitative estimate of drug-likeness (QED) is 0.513. The van der Waals surface area contributed by atoms with Crippen LogP contribution in [0, 0.1) is 31.1 Å². The van der Waals surface area contributed by atoms with Crippen molar-refractivity contribution in [2.75, 3.05) is 11.9 Å². The molecule has 0 aliphatic heterocycles. The molecule has 0 unspecified atom stereocenters. The third-order valence-corrected chi connectivity index (χ3v) is 7.69. The van der Waals surface area contributed by atoms with Gasteiger partial charge in [-0.05, 0) is 82.3 Å². The van der Waals surface area contributed by atoms with Gasteiger partial charge in [0.2, 0.25) is 5.91 Å². The van der Waals surface area contributed by atoms with Crippen molar-refractivity contribution in [2.45, 2.75) is 70.3 Å². The molecular weight excluding hydrogens is 416 g/mol. The van der Waals surface area contributed by atoms with Gasteiger partial charge in [0.1, 0.15) is 0 Å². The van der Waals surface area contributed by atoms with Crippen LogP contribution in [-0.2, 0) is 19.1 Å². The Bertz CT molecular complexity index is 881. The Balaban J connectivity index is 1.30. The summed E-state index contributed by atoms with van der Waals surface area (Å²) in [6, 6.07) is 5.75. The lowest BCUT2D eigenvalue weighted by Gasteiger charge is -2.58. The number of anilines is 1. The second-order valence-corrected chi connectivity index (χ2v) is 10.8.